The second kappa shape index (κ2) is 9.88. The third-order valence-corrected chi connectivity index (χ3v) is 7.23. The minimum absolute atomic E-state index is 0.116. The Labute approximate surface area is 178 Å². The highest BCUT2D eigenvalue weighted by Crippen LogP contribution is 2.32. The van der Waals surface area contributed by atoms with Crippen LogP contribution >= 0.6 is 0 Å². The van der Waals surface area contributed by atoms with Crippen LogP contribution < -0.4 is 15.1 Å². The summed E-state index contributed by atoms with van der Waals surface area (Å²) in [5, 5.41) is 2.76. The fraction of sp³-hybridized carbons (Fsp3) is 0.652. The Morgan fingerprint density at radius 1 is 1.00 bits per heavy atom. The second-order valence-corrected chi connectivity index (χ2v) is 9.34. The lowest BCUT2D eigenvalue weighted by Gasteiger charge is -2.39. The van der Waals surface area contributed by atoms with Gasteiger partial charge in [-0.15, -0.1) is 0 Å². The molecule has 3 fully saturated rings. The van der Waals surface area contributed by atoms with Crippen LogP contribution in [-0.4, -0.2) is 69.1 Å². The van der Waals surface area contributed by atoms with Crippen molar-refractivity contribution in [1.29, 1.82) is 0 Å². The molecular weight excluding hydrogens is 383 g/mol. The van der Waals surface area contributed by atoms with E-state index in [1.165, 1.54) is 60.6 Å². The number of rotatable bonds is 5. The van der Waals surface area contributed by atoms with Gasteiger partial charge in [-0.1, -0.05) is 18.9 Å². The number of benzene rings is 1. The molecule has 3 aliphatic rings. The first kappa shape index (κ1) is 21.2. The largest absolute Gasteiger partial charge is 0.327 e. The predicted octanol–water partition coefficient (Wildman–Crippen LogP) is -0.414. The van der Waals surface area contributed by atoms with E-state index in [1.54, 1.807) is 12.1 Å². The lowest BCUT2D eigenvalue weighted by molar-refractivity contribution is -0.904. The molecule has 7 heteroatoms. The van der Waals surface area contributed by atoms with Gasteiger partial charge < -0.3 is 20.0 Å². The number of hydrogen-bond acceptors (Lipinski definition) is 2. The van der Waals surface area contributed by atoms with E-state index < -0.39 is 0 Å². The Bertz CT molecular complexity index is 750. The van der Waals surface area contributed by atoms with Crippen molar-refractivity contribution in [2.75, 3.05) is 57.7 Å². The Morgan fingerprint density at radius 3 is 2.53 bits per heavy atom. The van der Waals surface area contributed by atoms with Crippen molar-refractivity contribution in [3.05, 3.63) is 30.1 Å². The summed E-state index contributed by atoms with van der Waals surface area (Å²) in [5.74, 6) is 1.52. The van der Waals surface area contributed by atoms with E-state index in [9.17, 15) is 14.0 Å². The van der Waals surface area contributed by atoms with Crippen molar-refractivity contribution in [3.63, 3.8) is 0 Å². The Morgan fingerprint density at radius 2 is 1.77 bits per heavy atom. The van der Waals surface area contributed by atoms with E-state index in [-0.39, 0.29) is 17.6 Å². The molecule has 1 aromatic rings. The molecule has 0 spiro atoms. The van der Waals surface area contributed by atoms with E-state index in [0.29, 0.717) is 31.9 Å². The van der Waals surface area contributed by atoms with Crippen molar-refractivity contribution in [3.8, 4) is 0 Å². The van der Waals surface area contributed by atoms with E-state index in [2.05, 4.69) is 5.32 Å². The zero-order valence-corrected chi connectivity index (χ0v) is 17.8. The summed E-state index contributed by atoms with van der Waals surface area (Å²) < 4.78 is 13.2. The van der Waals surface area contributed by atoms with Crippen molar-refractivity contribution in [2.45, 2.75) is 32.1 Å². The highest BCUT2D eigenvalue weighted by molar-refractivity contribution is 5.91. The molecule has 2 amide bonds. The number of anilines is 1. The van der Waals surface area contributed by atoms with Crippen molar-refractivity contribution < 1.29 is 23.8 Å². The molecule has 6 nitrogen and oxygen atoms in total. The van der Waals surface area contributed by atoms with Crippen LogP contribution in [0.25, 0.3) is 0 Å². The number of nitrogens with zero attached hydrogens (tertiary/aromatic N) is 1. The molecule has 0 bridgehead atoms. The van der Waals surface area contributed by atoms with Gasteiger partial charge in [-0.3, -0.25) is 9.59 Å². The van der Waals surface area contributed by atoms with Crippen molar-refractivity contribution in [2.24, 2.45) is 11.8 Å². The average Bonchev–Trinajstić information content (AvgIpc) is 2.74. The number of likely N-dealkylation sites (tertiary alicyclic amines) is 1. The van der Waals surface area contributed by atoms with Crippen molar-refractivity contribution >= 4 is 17.5 Å². The predicted molar refractivity (Wildman–Crippen MR) is 113 cm³/mol. The summed E-state index contributed by atoms with van der Waals surface area (Å²) in [6.45, 7) is 6.25. The Kier molecular flexibility index (Phi) is 7.00. The molecule has 164 valence electrons. The van der Waals surface area contributed by atoms with Crippen LogP contribution in [0.4, 0.5) is 10.1 Å². The van der Waals surface area contributed by atoms with Crippen LogP contribution in [0.3, 0.4) is 0 Å². The Hall–Kier alpha value is -1.99. The van der Waals surface area contributed by atoms with Gasteiger partial charge in [0.15, 0.2) is 13.1 Å². The summed E-state index contributed by atoms with van der Waals surface area (Å²) >= 11 is 0. The number of piperazine rings is 1. The van der Waals surface area contributed by atoms with Gasteiger partial charge in [-0.2, -0.15) is 0 Å². The number of fused-ring (bicyclic) bond motifs is 1. The molecule has 30 heavy (non-hydrogen) atoms. The summed E-state index contributed by atoms with van der Waals surface area (Å²) in [7, 11) is 0. The van der Waals surface area contributed by atoms with Gasteiger partial charge in [0.2, 0.25) is 0 Å². The molecular formula is C23H35FN4O2+2. The minimum atomic E-state index is -0.359. The molecule has 0 radical (unpaired) electrons. The summed E-state index contributed by atoms with van der Waals surface area (Å²) in [5.41, 5.74) is 0.484. The normalized spacial score (nSPS) is 27.4. The van der Waals surface area contributed by atoms with Gasteiger partial charge in [0.25, 0.3) is 11.8 Å². The maximum atomic E-state index is 13.2. The van der Waals surface area contributed by atoms with Gasteiger partial charge in [0.1, 0.15) is 5.82 Å². The van der Waals surface area contributed by atoms with Crippen LogP contribution in [0, 0.1) is 17.7 Å². The number of hydrogen-bond donors (Lipinski definition) is 3. The quantitative estimate of drug-likeness (QED) is 0.609. The molecule has 2 heterocycles. The van der Waals surface area contributed by atoms with Gasteiger partial charge in [-0.25, -0.2) is 4.39 Å². The molecule has 1 aromatic carbocycles. The first-order chi connectivity index (χ1) is 14.6. The first-order valence-electron chi connectivity index (χ1n) is 11.6. The molecule has 2 saturated heterocycles. The van der Waals surface area contributed by atoms with E-state index in [0.717, 1.165) is 31.5 Å². The van der Waals surface area contributed by atoms with E-state index >= 15 is 0 Å². The number of piperidine rings is 1. The SMILES string of the molecule is O=C(C[NH+]1CCN(C(=O)C[NH+]2CC[C@@H]3CCCC[C@@H]3C2)CC1)Nc1cccc(F)c1. The number of carbonyl (C=O) groups excluding carboxylic acids is 2. The summed E-state index contributed by atoms with van der Waals surface area (Å²) in [4.78, 5) is 29.7. The molecule has 1 aliphatic carbocycles. The number of carbonyl (C=O) groups is 2. The second-order valence-electron chi connectivity index (χ2n) is 9.34. The molecule has 0 aromatic heterocycles. The van der Waals surface area contributed by atoms with Crippen LogP contribution in [0.5, 0.6) is 0 Å². The monoisotopic (exact) mass is 418 g/mol. The van der Waals surface area contributed by atoms with Crippen LogP contribution in [0.2, 0.25) is 0 Å². The number of amides is 2. The summed E-state index contributed by atoms with van der Waals surface area (Å²) in [6, 6.07) is 5.95. The third-order valence-electron chi connectivity index (χ3n) is 7.23. The van der Waals surface area contributed by atoms with E-state index in [1.807, 2.05) is 4.90 Å². The van der Waals surface area contributed by atoms with Gasteiger partial charge >= 0.3 is 0 Å². The number of halogens is 1. The number of quaternary nitrogens is 2. The zero-order chi connectivity index (χ0) is 20.9. The Balaban J connectivity index is 1.18. The maximum Gasteiger partial charge on any atom is 0.279 e. The lowest BCUT2D eigenvalue weighted by atomic mass is 9.75. The molecule has 1 unspecified atom stereocenters. The smallest absolute Gasteiger partial charge is 0.279 e. The zero-order valence-electron chi connectivity index (χ0n) is 17.8. The van der Waals surface area contributed by atoms with E-state index in [4.69, 9.17) is 0 Å². The topological polar surface area (TPSA) is 58.3 Å². The summed E-state index contributed by atoms with van der Waals surface area (Å²) in [6.07, 6.45) is 6.78. The first-order valence-corrected chi connectivity index (χ1v) is 11.6. The van der Waals surface area contributed by atoms with Crippen LogP contribution in [0.15, 0.2) is 24.3 Å². The van der Waals surface area contributed by atoms with Crippen molar-refractivity contribution in [1.82, 2.24) is 4.90 Å². The number of nitrogens with one attached hydrogen (secondary N) is 3. The van der Waals surface area contributed by atoms with Gasteiger partial charge in [-0.05, 0) is 43.4 Å². The molecule has 3 N–H and O–H groups in total. The minimum Gasteiger partial charge on any atom is -0.327 e. The highest BCUT2D eigenvalue weighted by atomic mass is 19.1. The van der Waals surface area contributed by atoms with Gasteiger partial charge in [0, 0.05) is 11.6 Å². The molecule has 4 rings (SSSR count). The highest BCUT2D eigenvalue weighted by Gasteiger charge is 2.35. The van der Waals surface area contributed by atoms with Crippen LogP contribution in [0.1, 0.15) is 32.1 Å². The third kappa shape index (κ3) is 5.58. The maximum absolute atomic E-state index is 13.2. The standard InChI is InChI=1S/C23H33FN4O2/c24-20-6-3-7-21(14-20)25-22(29)16-26-10-12-28(13-11-26)23(30)17-27-9-8-18-4-1-2-5-19(18)15-27/h3,6-7,14,18-19H,1-2,4-5,8-13,15-17H2,(H,25,29)/p+2/t18-,19+/m0/s1. The fourth-order valence-electron chi connectivity index (χ4n) is 5.53. The van der Waals surface area contributed by atoms with Gasteiger partial charge in [0.05, 0.1) is 39.3 Å². The lowest BCUT2D eigenvalue weighted by Crippen LogP contribution is -3.16. The molecule has 1 saturated carbocycles. The average molecular weight is 419 g/mol. The molecule has 2 aliphatic heterocycles. The molecule has 3 atom stereocenters. The van der Waals surface area contributed by atoms with Crippen LogP contribution in [-0.2, 0) is 9.59 Å². The fourth-order valence-corrected chi connectivity index (χ4v) is 5.53.